The Hall–Kier alpha value is -1.59. The number of methoxy groups -OCH3 is 1. The lowest BCUT2D eigenvalue weighted by Gasteiger charge is -2.22. The molecule has 0 radical (unpaired) electrons. The third kappa shape index (κ3) is 5.21. The second-order valence-electron chi connectivity index (χ2n) is 8.01. The number of benzene rings is 1. The minimum absolute atomic E-state index is 0.427. The van der Waals surface area contributed by atoms with E-state index in [1.165, 1.54) is 18.4 Å². The minimum atomic E-state index is 0.427. The van der Waals surface area contributed by atoms with Crippen LogP contribution in [0, 0.1) is 5.41 Å². The van der Waals surface area contributed by atoms with Crippen LogP contribution in [0.1, 0.15) is 38.2 Å². The Labute approximate surface area is 158 Å². The third-order valence-electron chi connectivity index (χ3n) is 5.92. The predicted molar refractivity (Wildman–Crippen MR) is 107 cm³/mol. The van der Waals surface area contributed by atoms with Crippen molar-refractivity contribution in [3.63, 3.8) is 0 Å². The van der Waals surface area contributed by atoms with E-state index < -0.39 is 0 Å². The van der Waals surface area contributed by atoms with E-state index in [4.69, 9.17) is 4.74 Å². The lowest BCUT2D eigenvalue weighted by Crippen LogP contribution is -2.46. The van der Waals surface area contributed by atoms with Crippen molar-refractivity contribution in [3.8, 4) is 0 Å². The van der Waals surface area contributed by atoms with E-state index in [9.17, 15) is 0 Å². The van der Waals surface area contributed by atoms with E-state index in [1.54, 1.807) is 7.11 Å². The lowest BCUT2D eigenvalue weighted by molar-refractivity contribution is 0.172. The van der Waals surface area contributed by atoms with Gasteiger partial charge < -0.3 is 15.4 Å². The van der Waals surface area contributed by atoms with E-state index >= 15 is 0 Å². The van der Waals surface area contributed by atoms with Crippen molar-refractivity contribution in [1.29, 1.82) is 0 Å². The van der Waals surface area contributed by atoms with Crippen molar-refractivity contribution in [2.45, 2.75) is 51.2 Å². The normalized spacial score (nSPS) is 25.3. The highest BCUT2D eigenvalue weighted by molar-refractivity contribution is 5.80. The summed E-state index contributed by atoms with van der Waals surface area (Å²) in [6.07, 6.45) is 4.89. The van der Waals surface area contributed by atoms with Gasteiger partial charge in [0.1, 0.15) is 0 Å². The van der Waals surface area contributed by atoms with E-state index in [-0.39, 0.29) is 0 Å². The maximum atomic E-state index is 5.25. The molecular weight excluding hydrogens is 324 g/mol. The van der Waals surface area contributed by atoms with E-state index in [2.05, 4.69) is 57.8 Å². The summed E-state index contributed by atoms with van der Waals surface area (Å²) in [6, 6.07) is 11.8. The van der Waals surface area contributed by atoms with Gasteiger partial charge in [-0.3, -0.25) is 9.89 Å². The molecule has 5 nitrogen and oxygen atoms in total. The molecule has 0 amide bonds. The summed E-state index contributed by atoms with van der Waals surface area (Å²) in [6.45, 7) is 6.25. The number of nitrogens with one attached hydrogen (secondary N) is 2. The maximum absolute atomic E-state index is 5.25. The Morgan fingerprint density at radius 2 is 2.08 bits per heavy atom. The highest BCUT2D eigenvalue weighted by Gasteiger charge is 2.42. The fraction of sp³-hybridized carbons (Fsp3) is 0.667. The Balaban J connectivity index is 1.45. The molecule has 5 heteroatoms. The summed E-state index contributed by atoms with van der Waals surface area (Å²) in [5, 5.41) is 7.19. The van der Waals surface area contributed by atoms with Gasteiger partial charge in [-0.2, -0.15) is 0 Å². The van der Waals surface area contributed by atoms with Crippen LogP contribution in [-0.2, 0) is 11.3 Å². The van der Waals surface area contributed by atoms with Gasteiger partial charge in [-0.25, -0.2) is 0 Å². The Bertz CT molecular complexity index is 585. The van der Waals surface area contributed by atoms with E-state index in [0.29, 0.717) is 17.5 Å². The smallest absolute Gasteiger partial charge is 0.191 e. The average Bonchev–Trinajstić information content (AvgIpc) is 3.35. The standard InChI is InChI=1S/C21H34N4O/c1-17-13-19(15-25(17)14-18-7-5-4-6-8-18)24-20(22-2)23-16-21(9-10-21)11-12-26-3/h4-8,17,19H,9-16H2,1-3H3,(H2,22,23,24). The molecule has 1 aromatic carbocycles. The molecule has 1 aromatic rings. The first-order valence-corrected chi connectivity index (χ1v) is 9.88. The van der Waals surface area contributed by atoms with E-state index in [0.717, 1.165) is 45.0 Å². The number of ether oxygens (including phenoxy) is 1. The van der Waals surface area contributed by atoms with Gasteiger partial charge in [0.2, 0.25) is 0 Å². The molecule has 2 fully saturated rings. The van der Waals surface area contributed by atoms with Crippen molar-refractivity contribution in [3.05, 3.63) is 35.9 Å². The fourth-order valence-corrected chi connectivity index (χ4v) is 3.91. The van der Waals surface area contributed by atoms with Gasteiger partial charge in [0.05, 0.1) is 0 Å². The molecule has 3 rings (SSSR count). The molecule has 1 aliphatic heterocycles. The first kappa shape index (κ1) is 19.2. The molecule has 2 atom stereocenters. The van der Waals surface area contributed by atoms with Crippen LogP contribution in [-0.4, -0.2) is 56.8 Å². The van der Waals surface area contributed by atoms with Gasteiger partial charge in [0.15, 0.2) is 5.96 Å². The van der Waals surface area contributed by atoms with Gasteiger partial charge in [0, 0.05) is 52.5 Å². The summed E-state index contributed by atoms with van der Waals surface area (Å²) >= 11 is 0. The van der Waals surface area contributed by atoms with Crippen molar-refractivity contribution >= 4 is 5.96 Å². The molecule has 0 aromatic heterocycles. The van der Waals surface area contributed by atoms with Crippen molar-refractivity contribution < 1.29 is 4.74 Å². The van der Waals surface area contributed by atoms with E-state index in [1.807, 2.05) is 7.05 Å². The van der Waals surface area contributed by atoms with Crippen LogP contribution in [0.25, 0.3) is 0 Å². The zero-order valence-electron chi connectivity index (χ0n) is 16.5. The van der Waals surface area contributed by atoms with Crippen LogP contribution in [0.15, 0.2) is 35.3 Å². The third-order valence-corrected chi connectivity index (χ3v) is 5.92. The number of likely N-dealkylation sites (tertiary alicyclic amines) is 1. The molecule has 1 saturated carbocycles. The Morgan fingerprint density at radius 1 is 1.31 bits per heavy atom. The quantitative estimate of drug-likeness (QED) is 0.554. The average molecular weight is 359 g/mol. The molecule has 26 heavy (non-hydrogen) atoms. The van der Waals surface area contributed by atoms with Gasteiger partial charge >= 0.3 is 0 Å². The molecular formula is C21H34N4O. The zero-order valence-corrected chi connectivity index (χ0v) is 16.5. The summed E-state index contributed by atoms with van der Waals surface area (Å²) in [7, 11) is 3.65. The summed E-state index contributed by atoms with van der Waals surface area (Å²) in [4.78, 5) is 7.00. The monoisotopic (exact) mass is 358 g/mol. The maximum Gasteiger partial charge on any atom is 0.191 e. The Kier molecular flexibility index (Phi) is 6.54. The number of hydrogen-bond donors (Lipinski definition) is 2. The lowest BCUT2D eigenvalue weighted by atomic mass is 10.0. The molecule has 2 N–H and O–H groups in total. The topological polar surface area (TPSA) is 48.9 Å². The molecule has 2 unspecified atom stereocenters. The largest absolute Gasteiger partial charge is 0.385 e. The number of aliphatic imine (C=N–C) groups is 1. The molecule has 2 aliphatic rings. The summed E-state index contributed by atoms with van der Waals surface area (Å²) in [5.41, 5.74) is 1.81. The fourth-order valence-electron chi connectivity index (χ4n) is 3.91. The summed E-state index contributed by atoms with van der Waals surface area (Å²) < 4.78 is 5.25. The van der Waals surface area contributed by atoms with Crippen LogP contribution in [0.2, 0.25) is 0 Å². The molecule has 1 aliphatic carbocycles. The van der Waals surface area contributed by atoms with Crippen LogP contribution < -0.4 is 10.6 Å². The number of guanidine groups is 1. The molecule has 0 spiro atoms. The van der Waals surface area contributed by atoms with Crippen LogP contribution in [0.3, 0.4) is 0 Å². The van der Waals surface area contributed by atoms with Crippen molar-refractivity contribution in [2.75, 3.05) is 33.9 Å². The number of rotatable bonds is 8. The van der Waals surface area contributed by atoms with Crippen LogP contribution in [0.5, 0.6) is 0 Å². The van der Waals surface area contributed by atoms with Crippen LogP contribution in [0.4, 0.5) is 0 Å². The van der Waals surface area contributed by atoms with Crippen molar-refractivity contribution in [2.24, 2.45) is 10.4 Å². The van der Waals surface area contributed by atoms with Gasteiger partial charge in [-0.15, -0.1) is 0 Å². The predicted octanol–water partition coefficient (Wildman–Crippen LogP) is 2.63. The Morgan fingerprint density at radius 3 is 2.73 bits per heavy atom. The van der Waals surface area contributed by atoms with Gasteiger partial charge in [-0.1, -0.05) is 30.3 Å². The minimum Gasteiger partial charge on any atom is -0.385 e. The number of nitrogens with zero attached hydrogens (tertiary/aromatic N) is 2. The van der Waals surface area contributed by atoms with Gasteiger partial charge in [0.25, 0.3) is 0 Å². The molecule has 144 valence electrons. The highest BCUT2D eigenvalue weighted by atomic mass is 16.5. The highest BCUT2D eigenvalue weighted by Crippen LogP contribution is 2.48. The molecule has 0 bridgehead atoms. The second-order valence-corrected chi connectivity index (χ2v) is 8.01. The second kappa shape index (κ2) is 8.87. The summed E-state index contributed by atoms with van der Waals surface area (Å²) in [5.74, 6) is 0.937. The van der Waals surface area contributed by atoms with Gasteiger partial charge in [-0.05, 0) is 43.6 Å². The van der Waals surface area contributed by atoms with Crippen LogP contribution >= 0.6 is 0 Å². The zero-order chi connectivity index (χ0) is 18.4. The first-order chi connectivity index (χ1) is 12.6. The molecule has 1 saturated heterocycles. The molecule has 1 heterocycles. The van der Waals surface area contributed by atoms with Crippen molar-refractivity contribution in [1.82, 2.24) is 15.5 Å². The SMILES string of the molecule is CN=C(NCC1(CCOC)CC1)NC1CC(C)N(Cc2ccccc2)C1. The number of hydrogen-bond acceptors (Lipinski definition) is 3. The first-order valence-electron chi connectivity index (χ1n) is 9.88.